The minimum absolute atomic E-state index is 0.453. The Labute approximate surface area is 143 Å². The van der Waals surface area contributed by atoms with E-state index < -0.39 is 6.04 Å². The molecule has 1 N–H and O–H groups in total. The van der Waals surface area contributed by atoms with Gasteiger partial charge in [0.2, 0.25) is 5.95 Å². The fourth-order valence-electron chi connectivity index (χ4n) is 2.17. The van der Waals surface area contributed by atoms with Gasteiger partial charge in [0.15, 0.2) is 0 Å². The molecule has 0 radical (unpaired) electrons. The second-order valence-corrected chi connectivity index (χ2v) is 5.59. The summed E-state index contributed by atoms with van der Waals surface area (Å²) in [6.45, 7) is 1.70. The molecular weight excluding hydrogens is 326 g/mol. The molecule has 0 spiro atoms. The Hall–Kier alpha value is -2.86. The summed E-state index contributed by atoms with van der Waals surface area (Å²) >= 11 is 5.98. The number of halogens is 1. The van der Waals surface area contributed by atoms with Crippen LogP contribution in [-0.2, 0) is 0 Å². The zero-order valence-electron chi connectivity index (χ0n) is 12.8. The Morgan fingerprint density at radius 1 is 1.12 bits per heavy atom. The molecule has 24 heavy (non-hydrogen) atoms. The normalized spacial score (nSPS) is 11.8. The van der Waals surface area contributed by atoms with Crippen molar-refractivity contribution in [3.05, 3.63) is 70.5 Å². The molecule has 3 aromatic rings. The number of rotatable bonds is 5. The molecule has 7 heteroatoms. The fourth-order valence-corrected chi connectivity index (χ4v) is 2.36. The highest BCUT2D eigenvalue weighted by Crippen LogP contribution is 2.23. The van der Waals surface area contributed by atoms with Crippen molar-refractivity contribution in [1.29, 1.82) is 0 Å². The van der Waals surface area contributed by atoms with Gasteiger partial charge >= 0.3 is 0 Å². The molecule has 2 heterocycles. The van der Waals surface area contributed by atoms with Crippen LogP contribution in [0.5, 0.6) is 0 Å². The van der Waals surface area contributed by atoms with Gasteiger partial charge in [0.1, 0.15) is 6.04 Å². The first kappa shape index (κ1) is 16.0. The second kappa shape index (κ2) is 7.14. The molecule has 3 rings (SSSR count). The molecule has 1 unspecified atom stereocenters. The van der Waals surface area contributed by atoms with Crippen LogP contribution in [0.2, 0.25) is 5.02 Å². The molecule has 0 aliphatic carbocycles. The van der Waals surface area contributed by atoms with E-state index in [1.54, 1.807) is 43.6 Å². The average molecular weight is 340 g/mol. The maximum atomic E-state index is 10.7. The summed E-state index contributed by atoms with van der Waals surface area (Å²) in [5, 5.41) is 6.75. The third-order valence-electron chi connectivity index (χ3n) is 3.40. The van der Waals surface area contributed by atoms with E-state index >= 15 is 0 Å². The average Bonchev–Trinajstić information content (AvgIpc) is 2.61. The minimum Gasteiger partial charge on any atom is -0.324 e. The van der Waals surface area contributed by atoms with Gasteiger partial charge in [0, 0.05) is 28.7 Å². The molecular formula is C17H14ClN5O. The van der Waals surface area contributed by atoms with Gasteiger partial charge in [-0.05, 0) is 43.3 Å². The quantitative estimate of drug-likeness (QED) is 0.677. The van der Waals surface area contributed by atoms with Crippen LogP contribution in [-0.4, -0.2) is 15.0 Å². The van der Waals surface area contributed by atoms with Crippen molar-refractivity contribution in [2.75, 3.05) is 5.32 Å². The molecule has 0 fully saturated rings. The number of nitroso groups, excluding NO2 is 1. The monoisotopic (exact) mass is 339 g/mol. The SMILES string of the molecule is CC(N=O)c1cc(-c2ccnc(Nc3cccc(Cl)c3)n2)ccn1. The van der Waals surface area contributed by atoms with E-state index in [2.05, 4.69) is 25.4 Å². The third-order valence-corrected chi connectivity index (χ3v) is 3.63. The maximum Gasteiger partial charge on any atom is 0.227 e. The van der Waals surface area contributed by atoms with Gasteiger partial charge in [-0.3, -0.25) is 4.98 Å². The first-order valence-corrected chi connectivity index (χ1v) is 7.68. The van der Waals surface area contributed by atoms with Crippen LogP contribution in [0.25, 0.3) is 11.3 Å². The number of nitrogens with one attached hydrogen (secondary N) is 1. The van der Waals surface area contributed by atoms with Crippen LogP contribution in [0.3, 0.4) is 0 Å². The van der Waals surface area contributed by atoms with Gasteiger partial charge in [0.05, 0.1) is 11.4 Å². The predicted molar refractivity (Wildman–Crippen MR) is 94.2 cm³/mol. The lowest BCUT2D eigenvalue weighted by atomic mass is 10.1. The number of pyridine rings is 1. The van der Waals surface area contributed by atoms with E-state index in [1.165, 1.54) is 0 Å². The molecule has 1 aromatic carbocycles. The van der Waals surface area contributed by atoms with Crippen molar-refractivity contribution in [1.82, 2.24) is 15.0 Å². The summed E-state index contributed by atoms with van der Waals surface area (Å²) in [7, 11) is 0. The molecule has 2 aromatic heterocycles. The van der Waals surface area contributed by atoms with Crippen molar-refractivity contribution in [2.45, 2.75) is 13.0 Å². The van der Waals surface area contributed by atoms with E-state index in [0.29, 0.717) is 16.7 Å². The van der Waals surface area contributed by atoms with Crippen molar-refractivity contribution in [3.8, 4) is 11.3 Å². The molecule has 0 amide bonds. The summed E-state index contributed by atoms with van der Waals surface area (Å²) in [6, 6.07) is 12.2. The second-order valence-electron chi connectivity index (χ2n) is 5.15. The maximum absolute atomic E-state index is 10.7. The Morgan fingerprint density at radius 3 is 2.75 bits per heavy atom. The number of anilines is 2. The van der Waals surface area contributed by atoms with Crippen molar-refractivity contribution in [2.24, 2.45) is 5.18 Å². The minimum atomic E-state index is -0.504. The zero-order valence-corrected chi connectivity index (χ0v) is 13.6. The number of aromatic nitrogens is 3. The van der Waals surface area contributed by atoms with Crippen LogP contribution in [0.1, 0.15) is 18.7 Å². The molecule has 6 nitrogen and oxygen atoms in total. The van der Waals surface area contributed by atoms with Crippen LogP contribution in [0.4, 0.5) is 11.6 Å². The smallest absolute Gasteiger partial charge is 0.227 e. The van der Waals surface area contributed by atoms with Gasteiger partial charge in [0.25, 0.3) is 0 Å². The van der Waals surface area contributed by atoms with Gasteiger partial charge in [-0.15, -0.1) is 0 Å². The number of hydrogen-bond donors (Lipinski definition) is 1. The van der Waals surface area contributed by atoms with Crippen LogP contribution in [0.15, 0.2) is 60.0 Å². The summed E-state index contributed by atoms with van der Waals surface area (Å²) in [6.07, 6.45) is 3.30. The van der Waals surface area contributed by atoms with Crippen LogP contribution in [0, 0.1) is 4.91 Å². The summed E-state index contributed by atoms with van der Waals surface area (Å²) in [5.74, 6) is 0.453. The lowest BCUT2D eigenvalue weighted by molar-refractivity contribution is 0.776. The lowest BCUT2D eigenvalue weighted by Crippen LogP contribution is -1.99. The number of hydrogen-bond acceptors (Lipinski definition) is 6. The number of nitrogens with zero attached hydrogens (tertiary/aromatic N) is 4. The van der Waals surface area contributed by atoms with E-state index in [1.807, 2.05) is 18.2 Å². The first-order chi connectivity index (χ1) is 11.7. The summed E-state index contributed by atoms with van der Waals surface area (Å²) in [4.78, 5) is 23.6. The first-order valence-electron chi connectivity index (χ1n) is 7.30. The van der Waals surface area contributed by atoms with E-state index in [0.717, 1.165) is 16.9 Å². The molecule has 0 saturated heterocycles. The lowest BCUT2D eigenvalue weighted by Gasteiger charge is -2.08. The largest absolute Gasteiger partial charge is 0.324 e. The van der Waals surface area contributed by atoms with Crippen LogP contribution < -0.4 is 5.32 Å². The Morgan fingerprint density at radius 2 is 1.96 bits per heavy atom. The molecule has 0 aliphatic rings. The molecule has 0 aliphatic heterocycles. The highest BCUT2D eigenvalue weighted by Gasteiger charge is 2.09. The Kier molecular flexibility index (Phi) is 4.77. The predicted octanol–water partition coefficient (Wildman–Crippen LogP) is 4.76. The zero-order chi connectivity index (χ0) is 16.9. The van der Waals surface area contributed by atoms with Gasteiger partial charge in [-0.1, -0.05) is 22.8 Å². The van der Waals surface area contributed by atoms with E-state index in [4.69, 9.17) is 11.6 Å². The Bertz CT molecular complexity index is 871. The van der Waals surface area contributed by atoms with Gasteiger partial charge in [-0.25, -0.2) is 9.97 Å². The van der Waals surface area contributed by atoms with E-state index in [9.17, 15) is 4.91 Å². The summed E-state index contributed by atoms with van der Waals surface area (Å²) in [5.41, 5.74) is 2.96. The van der Waals surface area contributed by atoms with E-state index in [-0.39, 0.29) is 0 Å². The number of benzene rings is 1. The van der Waals surface area contributed by atoms with Crippen molar-refractivity contribution in [3.63, 3.8) is 0 Å². The highest BCUT2D eigenvalue weighted by atomic mass is 35.5. The molecule has 0 bridgehead atoms. The van der Waals surface area contributed by atoms with Crippen LogP contribution >= 0.6 is 11.6 Å². The van der Waals surface area contributed by atoms with Gasteiger partial charge in [-0.2, -0.15) is 4.91 Å². The highest BCUT2D eigenvalue weighted by molar-refractivity contribution is 6.30. The fraction of sp³-hybridized carbons (Fsp3) is 0.118. The van der Waals surface area contributed by atoms with Gasteiger partial charge < -0.3 is 5.32 Å². The Balaban J connectivity index is 1.89. The third kappa shape index (κ3) is 3.72. The molecule has 0 saturated carbocycles. The summed E-state index contributed by atoms with van der Waals surface area (Å²) < 4.78 is 0. The standard InChI is InChI=1S/C17H14ClN5O/c1-11(23-24)16-9-12(5-7-19-16)15-6-8-20-17(22-15)21-14-4-2-3-13(18)10-14/h2-11H,1H3,(H,20,21,22). The van der Waals surface area contributed by atoms with Crippen molar-refractivity contribution >= 4 is 23.2 Å². The van der Waals surface area contributed by atoms with Crippen molar-refractivity contribution < 1.29 is 0 Å². The molecule has 1 atom stereocenters. The topological polar surface area (TPSA) is 80.1 Å². The molecule has 120 valence electrons.